The summed E-state index contributed by atoms with van der Waals surface area (Å²) in [5.41, 5.74) is 2.50. The highest BCUT2D eigenvalue weighted by Gasteiger charge is 2.25. The summed E-state index contributed by atoms with van der Waals surface area (Å²) in [4.78, 5) is 16.4. The number of esters is 1. The molecule has 0 saturated carbocycles. The molecule has 0 unspecified atom stereocenters. The van der Waals surface area contributed by atoms with E-state index < -0.39 is 11.5 Å². The van der Waals surface area contributed by atoms with Crippen LogP contribution in [0.25, 0.3) is 17.0 Å². The number of aliphatic hydroxyl groups is 1. The molecule has 1 N–H and O–H groups in total. The van der Waals surface area contributed by atoms with Gasteiger partial charge >= 0.3 is 5.97 Å². The van der Waals surface area contributed by atoms with Crippen LogP contribution in [0.2, 0.25) is 0 Å². The third-order valence-corrected chi connectivity index (χ3v) is 4.05. The summed E-state index contributed by atoms with van der Waals surface area (Å²) >= 11 is 0. The fourth-order valence-corrected chi connectivity index (χ4v) is 2.61. The molecule has 0 radical (unpaired) electrons. The van der Waals surface area contributed by atoms with Gasteiger partial charge in [-0.2, -0.15) is 0 Å². The number of carbonyl (C=O) groups is 1. The molecule has 0 aliphatic rings. The van der Waals surface area contributed by atoms with Crippen molar-refractivity contribution in [3.05, 3.63) is 47.2 Å². The molecular formula is C20H25NO4. The fourth-order valence-electron chi connectivity index (χ4n) is 2.61. The number of ether oxygens (including phenoxy) is 2. The number of rotatable bonds is 6. The number of fused-ring (bicyclic) bond motifs is 1. The first-order valence-electron chi connectivity index (χ1n) is 8.16. The zero-order valence-corrected chi connectivity index (χ0v) is 15.4. The van der Waals surface area contributed by atoms with Crippen LogP contribution >= 0.6 is 0 Å². The van der Waals surface area contributed by atoms with Crippen molar-refractivity contribution in [1.29, 1.82) is 0 Å². The van der Waals surface area contributed by atoms with Gasteiger partial charge in [-0.15, -0.1) is 0 Å². The molecule has 0 aliphatic carbocycles. The van der Waals surface area contributed by atoms with E-state index in [2.05, 4.69) is 4.98 Å². The van der Waals surface area contributed by atoms with Crippen molar-refractivity contribution in [1.82, 2.24) is 4.98 Å². The van der Waals surface area contributed by atoms with Crippen LogP contribution in [0.1, 0.15) is 43.7 Å². The summed E-state index contributed by atoms with van der Waals surface area (Å²) in [7, 11) is 3.00. The molecule has 0 fully saturated rings. The van der Waals surface area contributed by atoms with Crippen LogP contribution in [-0.4, -0.2) is 30.3 Å². The summed E-state index contributed by atoms with van der Waals surface area (Å²) in [5, 5.41) is 10.9. The number of pyridine rings is 1. The van der Waals surface area contributed by atoms with Crippen molar-refractivity contribution in [3.63, 3.8) is 0 Å². The van der Waals surface area contributed by atoms with Crippen molar-refractivity contribution in [2.24, 2.45) is 5.41 Å². The molecule has 5 heteroatoms. The quantitative estimate of drug-likeness (QED) is 0.811. The summed E-state index contributed by atoms with van der Waals surface area (Å²) in [5.74, 6) is -0.289. The Morgan fingerprint density at radius 2 is 2.04 bits per heavy atom. The zero-order chi connectivity index (χ0) is 18.6. The van der Waals surface area contributed by atoms with Gasteiger partial charge in [0.25, 0.3) is 0 Å². The highest BCUT2D eigenvalue weighted by molar-refractivity contribution is 5.83. The van der Waals surface area contributed by atoms with Crippen LogP contribution in [0, 0.1) is 5.41 Å². The van der Waals surface area contributed by atoms with Crippen molar-refractivity contribution in [2.75, 3.05) is 14.2 Å². The van der Waals surface area contributed by atoms with Gasteiger partial charge in [0, 0.05) is 18.1 Å². The Labute approximate surface area is 148 Å². The van der Waals surface area contributed by atoms with Gasteiger partial charge in [0.15, 0.2) is 0 Å². The highest BCUT2D eigenvalue weighted by atomic mass is 16.5. The zero-order valence-electron chi connectivity index (χ0n) is 15.4. The number of aromatic nitrogens is 1. The lowest BCUT2D eigenvalue weighted by atomic mass is 9.92. The normalized spacial score (nSPS) is 13.4. The average molecular weight is 343 g/mol. The second-order valence-corrected chi connectivity index (χ2v) is 6.64. The summed E-state index contributed by atoms with van der Waals surface area (Å²) in [6.07, 6.45) is 3.02. The van der Waals surface area contributed by atoms with Gasteiger partial charge in [-0.25, -0.2) is 4.98 Å². The maximum atomic E-state index is 11.8. The van der Waals surface area contributed by atoms with E-state index in [0.717, 1.165) is 22.0 Å². The van der Waals surface area contributed by atoms with Crippen LogP contribution < -0.4 is 0 Å². The fraction of sp³-hybridized carbons (Fsp3) is 0.400. The molecule has 1 aromatic heterocycles. The second kappa shape index (κ2) is 7.76. The van der Waals surface area contributed by atoms with Crippen molar-refractivity contribution in [3.8, 4) is 0 Å². The third kappa shape index (κ3) is 4.44. The molecule has 2 rings (SSSR count). The molecule has 0 amide bonds. The van der Waals surface area contributed by atoms with E-state index in [1.165, 1.54) is 7.11 Å². The number of nitrogens with zero attached hydrogens (tertiary/aromatic N) is 1. The largest absolute Gasteiger partial charge is 0.468 e. The molecule has 0 aliphatic heterocycles. The summed E-state index contributed by atoms with van der Waals surface area (Å²) in [6, 6.07) is 7.85. The number of hydrogen-bond donors (Lipinski definition) is 1. The Morgan fingerprint density at radius 1 is 1.32 bits per heavy atom. The monoisotopic (exact) mass is 343 g/mol. The standard InChI is InChI=1S/C20H25NO4/c1-13(22)18-16(12-24-4)11-15-7-6-14(10-17(15)21-18)8-9-20(2,3)19(23)25-5/h6-11,13,22H,12H2,1-5H3/b9-8+/t13-/m1/s1. The lowest BCUT2D eigenvalue weighted by Crippen LogP contribution is -2.22. The smallest absolute Gasteiger partial charge is 0.315 e. The summed E-state index contributed by atoms with van der Waals surface area (Å²) < 4.78 is 10.0. The lowest BCUT2D eigenvalue weighted by molar-refractivity contribution is -0.148. The van der Waals surface area contributed by atoms with Gasteiger partial charge in [0.05, 0.1) is 36.4 Å². The first-order chi connectivity index (χ1) is 11.8. The molecule has 0 saturated heterocycles. The van der Waals surface area contributed by atoms with Gasteiger partial charge in [-0.05, 0) is 38.5 Å². The summed E-state index contributed by atoms with van der Waals surface area (Å²) in [6.45, 7) is 5.70. The Kier molecular flexibility index (Phi) is 5.93. The molecule has 0 bridgehead atoms. The minimum absolute atomic E-state index is 0.289. The van der Waals surface area contributed by atoms with E-state index >= 15 is 0 Å². The molecule has 5 nitrogen and oxygen atoms in total. The number of benzene rings is 1. The number of carbonyl (C=O) groups excluding carboxylic acids is 1. The molecule has 1 aromatic carbocycles. The molecule has 2 aromatic rings. The van der Waals surface area contributed by atoms with Gasteiger partial charge in [0.2, 0.25) is 0 Å². The molecule has 25 heavy (non-hydrogen) atoms. The van der Waals surface area contributed by atoms with E-state index in [1.54, 1.807) is 27.9 Å². The van der Waals surface area contributed by atoms with E-state index in [-0.39, 0.29) is 5.97 Å². The Bertz CT molecular complexity index is 794. The van der Waals surface area contributed by atoms with Crippen molar-refractivity contribution < 1.29 is 19.4 Å². The predicted molar refractivity (Wildman–Crippen MR) is 97.9 cm³/mol. The molecule has 134 valence electrons. The van der Waals surface area contributed by atoms with E-state index in [9.17, 15) is 9.90 Å². The number of methoxy groups -OCH3 is 2. The topological polar surface area (TPSA) is 68.7 Å². The van der Waals surface area contributed by atoms with E-state index in [0.29, 0.717) is 12.3 Å². The van der Waals surface area contributed by atoms with Crippen LogP contribution in [0.15, 0.2) is 30.3 Å². The molecule has 1 heterocycles. The Hall–Kier alpha value is -2.24. The second-order valence-electron chi connectivity index (χ2n) is 6.64. The van der Waals surface area contributed by atoms with Gasteiger partial charge in [-0.1, -0.05) is 24.3 Å². The molecular weight excluding hydrogens is 318 g/mol. The highest BCUT2D eigenvalue weighted by Crippen LogP contribution is 2.25. The van der Waals surface area contributed by atoms with Crippen LogP contribution in [0.4, 0.5) is 0 Å². The van der Waals surface area contributed by atoms with Gasteiger partial charge < -0.3 is 14.6 Å². The Balaban J connectivity index is 2.42. The SMILES string of the molecule is COCc1cc2ccc(/C=C/C(C)(C)C(=O)OC)cc2nc1[C@@H](C)O. The first-order valence-corrected chi connectivity index (χ1v) is 8.16. The predicted octanol–water partition coefficient (Wildman–Crippen LogP) is 3.65. The average Bonchev–Trinajstić information content (AvgIpc) is 2.58. The maximum Gasteiger partial charge on any atom is 0.315 e. The van der Waals surface area contributed by atoms with Gasteiger partial charge in [-0.3, -0.25) is 4.79 Å². The van der Waals surface area contributed by atoms with E-state index in [4.69, 9.17) is 9.47 Å². The van der Waals surface area contributed by atoms with Crippen LogP contribution in [-0.2, 0) is 20.9 Å². The lowest BCUT2D eigenvalue weighted by Gasteiger charge is -2.16. The van der Waals surface area contributed by atoms with E-state index in [1.807, 2.05) is 36.4 Å². The number of aliphatic hydroxyl groups excluding tert-OH is 1. The minimum Gasteiger partial charge on any atom is -0.468 e. The van der Waals surface area contributed by atoms with Crippen molar-refractivity contribution in [2.45, 2.75) is 33.5 Å². The molecule has 0 spiro atoms. The Morgan fingerprint density at radius 3 is 2.64 bits per heavy atom. The minimum atomic E-state index is -0.704. The van der Waals surface area contributed by atoms with Crippen molar-refractivity contribution >= 4 is 22.9 Å². The first kappa shape index (κ1) is 19.1. The van der Waals surface area contributed by atoms with Crippen LogP contribution in [0.5, 0.6) is 0 Å². The maximum absolute atomic E-state index is 11.8. The van der Waals surface area contributed by atoms with Crippen LogP contribution in [0.3, 0.4) is 0 Å². The molecule has 1 atom stereocenters. The third-order valence-electron chi connectivity index (χ3n) is 4.05. The number of hydrogen-bond acceptors (Lipinski definition) is 5. The van der Waals surface area contributed by atoms with Gasteiger partial charge in [0.1, 0.15) is 0 Å².